The first-order chi connectivity index (χ1) is 18.9. The molecule has 40 heavy (non-hydrogen) atoms. The van der Waals surface area contributed by atoms with Gasteiger partial charge in [-0.15, -0.1) is 0 Å². The fourth-order valence-corrected chi connectivity index (χ4v) is 2.64. The van der Waals surface area contributed by atoms with E-state index in [4.69, 9.17) is 25.4 Å². The number of aromatic nitrogens is 3. The minimum atomic E-state index is -0.940. The first-order valence-electron chi connectivity index (χ1n) is 10.7. The van der Waals surface area contributed by atoms with E-state index in [1.165, 1.54) is 22.5 Å². The van der Waals surface area contributed by atoms with Crippen LogP contribution in [-0.4, -0.2) is 56.8 Å². The molecule has 0 aliphatic rings. The Kier molecular flexibility index (Phi) is 19.2. The van der Waals surface area contributed by atoms with Crippen LogP contribution in [0.3, 0.4) is 0 Å². The van der Waals surface area contributed by atoms with Gasteiger partial charge in [-0.1, -0.05) is 30.5 Å². The number of carboxylic acid groups (broad SMARTS) is 1. The third kappa shape index (κ3) is 14.0. The van der Waals surface area contributed by atoms with E-state index < -0.39 is 5.97 Å². The van der Waals surface area contributed by atoms with E-state index in [0.717, 1.165) is 28.6 Å². The molecule has 0 saturated heterocycles. The van der Waals surface area contributed by atoms with E-state index in [2.05, 4.69) is 44.4 Å². The summed E-state index contributed by atoms with van der Waals surface area (Å²) in [5, 5.41) is 25.7. The summed E-state index contributed by atoms with van der Waals surface area (Å²) >= 11 is 7.40. The van der Waals surface area contributed by atoms with Crippen molar-refractivity contribution in [1.29, 1.82) is 0 Å². The molecular formula is C27H22N6O4RuS2. The van der Waals surface area contributed by atoms with Crippen molar-refractivity contribution in [2.24, 2.45) is 4.99 Å². The minimum Gasteiger partial charge on any atom is -0.753 e. The molecule has 4 rings (SSSR count). The van der Waals surface area contributed by atoms with Crippen LogP contribution in [-0.2, 0) is 19.5 Å². The van der Waals surface area contributed by atoms with E-state index in [1.54, 1.807) is 63.3 Å². The van der Waals surface area contributed by atoms with Gasteiger partial charge in [-0.2, -0.15) is 10.3 Å². The smallest absolute Gasteiger partial charge is 0.753 e. The van der Waals surface area contributed by atoms with Crippen molar-refractivity contribution in [2.75, 3.05) is 14.2 Å². The van der Waals surface area contributed by atoms with E-state index >= 15 is 0 Å². The van der Waals surface area contributed by atoms with E-state index in [1.807, 2.05) is 30.3 Å². The van der Waals surface area contributed by atoms with E-state index in [0.29, 0.717) is 5.69 Å². The summed E-state index contributed by atoms with van der Waals surface area (Å²) in [6.45, 7) is 0. The van der Waals surface area contributed by atoms with Gasteiger partial charge in [-0.3, -0.25) is 19.9 Å². The Bertz CT molecular complexity index is 1350. The SMILES string of the molecule is COc1ccnc(-c2cc(OC)ccn2)c1.O=C(O)c1ccc(N=Cc2ccccn2)cc1.[N-]=C=S.[N-]=C=S.[Ru+2]. The number of aliphatic imine (C=N–C) groups is 1. The molecule has 0 saturated carbocycles. The summed E-state index contributed by atoms with van der Waals surface area (Å²) in [5.74, 6) is 0.578. The Labute approximate surface area is 255 Å². The number of hydrogen-bond donors (Lipinski definition) is 1. The molecule has 204 valence electrons. The first-order valence-corrected chi connectivity index (χ1v) is 11.5. The maximum atomic E-state index is 10.6. The quantitative estimate of drug-likeness (QED) is 0.149. The van der Waals surface area contributed by atoms with Gasteiger partial charge in [0.15, 0.2) is 0 Å². The van der Waals surface area contributed by atoms with Gasteiger partial charge in [-0.05, 0) is 48.5 Å². The predicted octanol–water partition coefficient (Wildman–Crippen LogP) is 6.01. The number of carbonyl (C=O) groups is 1. The van der Waals surface area contributed by atoms with Crippen LogP contribution >= 0.6 is 24.4 Å². The average molecular weight is 660 g/mol. The molecule has 0 spiro atoms. The number of isothiocyanates is 2. The van der Waals surface area contributed by atoms with Crippen molar-refractivity contribution in [1.82, 2.24) is 15.0 Å². The number of pyridine rings is 3. The zero-order chi connectivity index (χ0) is 28.9. The molecule has 10 nitrogen and oxygen atoms in total. The molecule has 0 radical (unpaired) electrons. The number of nitrogens with zero attached hydrogens (tertiary/aromatic N) is 6. The minimum absolute atomic E-state index is 0. The van der Waals surface area contributed by atoms with Crippen molar-refractivity contribution in [3.8, 4) is 22.9 Å². The van der Waals surface area contributed by atoms with Crippen molar-refractivity contribution in [3.05, 3.63) is 107 Å². The Hall–Kier alpha value is -4.37. The second-order valence-electron chi connectivity index (χ2n) is 6.71. The summed E-state index contributed by atoms with van der Waals surface area (Å²) in [5.41, 5.74) is 3.23. The third-order valence-electron chi connectivity index (χ3n) is 4.34. The zero-order valence-corrected chi connectivity index (χ0v) is 24.6. The van der Waals surface area contributed by atoms with Crippen molar-refractivity contribution < 1.29 is 38.9 Å². The van der Waals surface area contributed by atoms with Crippen LogP contribution in [0.15, 0.2) is 90.3 Å². The number of thiocarbonyl (C=S) groups is 2. The van der Waals surface area contributed by atoms with Crippen molar-refractivity contribution in [3.63, 3.8) is 0 Å². The van der Waals surface area contributed by atoms with Gasteiger partial charge in [0.05, 0.1) is 48.8 Å². The summed E-state index contributed by atoms with van der Waals surface area (Å²) in [4.78, 5) is 27.4. The van der Waals surface area contributed by atoms with Gasteiger partial charge in [0.25, 0.3) is 0 Å². The normalized spacial score (nSPS) is 8.85. The van der Waals surface area contributed by atoms with Crippen molar-refractivity contribution >= 4 is 52.6 Å². The second kappa shape index (κ2) is 21.6. The molecule has 4 aromatic rings. The number of aromatic carboxylic acids is 1. The molecule has 0 aliphatic heterocycles. The fraction of sp³-hybridized carbons (Fsp3) is 0.0741. The number of methoxy groups -OCH3 is 2. The van der Waals surface area contributed by atoms with E-state index in [-0.39, 0.29) is 25.0 Å². The molecule has 3 heterocycles. The number of carboxylic acids is 1. The van der Waals surface area contributed by atoms with Crippen LogP contribution in [0, 0.1) is 0 Å². The Balaban J connectivity index is 0.000000624. The van der Waals surface area contributed by atoms with Crippen LogP contribution in [0.1, 0.15) is 16.1 Å². The summed E-state index contributed by atoms with van der Waals surface area (Å²) in [6, 6.07) is 19.2. The first kappa shape index (κ1) is 35.6. The maximum Gasteiger partial charge on any atom is 2.00 e. The third-order valence-corrected chi connectivity index (χ3v) is 4.34. The average Bonchev–Trinajstić information content (AvgIpc) is 2.98. The number of hydrogen-bond acceptors (Lipinski definition) is 9. The monoisotopic (exact) mass is 660 g/mol. The Morgan fingerprint density at radius 3 is 1.75 bits per heavy atom. The number of ether oxygens (including phenoxy) is 2. The van der Waals surface area contributed by atoms with Gasteiger partial charge in [0, 0.05) is 30.7 Å². The summed E-state index contributed by atoms with van der Waals surface area (Å²) < 4.78 is 10.3. The molecule has 1 aromatic carbocycles. The van der Waals surface area contributed by atoms with Crippen LogP contribution in [0.2, 0.25) is 0 Å². The summed E-state index contributed by atoms with van der Waals surface area (Å²) in [6.07, 6.45) is 6.70. The van der Waals surface area contributed by atoms with Crippen LogP contribution in [0.5, 0.6) is 11.5 Å². The molecule has 0 bridgehead atoms. The fourth-order valence-electron chi connectivity index (χ4n) is 2.64. The standard InChI is InChI=1S/C13H10N2O2.C12H12N2O2.2CNS.Ru/c16-13(17)10-4-6-11(7-5-10)15-9-12-3-1-2-8-14-12;1-15-9-3-5-13-11(7-9)12-8-10(16-2)4-6-14-12;2*2-1-3;/h1-9H,(H,16,17);3-8H,1-2H3;;;/q;;2*-1;+2. The van der Waals surface area contributed by atoms with Gasteiger partial charge in [-0.25, -0.2) is 4.79 Å². The molecule has 0 atom stereocenters. The summed E-state index contributed by atoms with van der Waals surface area (Å²) in [7, 11) is 3.25. The van der Waals surface area contributed by atoms with Crippen LogP contribution in [0.4, 0.5) is 5.69 Å². The second-order valence-corrected chi connectivity index (χ2v) is 7.07. The predicted molar refractivity (Wildman–Crippen MR) is 157 cm³/mol. The van der Waals surface area contributed by atoms with Gasteiger partial charge < -0.3 is 25.4 Å². The Morgan fingerprint density at radius 2 is 1.35 bits per heavy atom. The Morgan fingerprint density at radius 1 is 0.850 bits per heavy atom. The molecule has 3 aromatic heterocycles. The molecular weight excluding hydrogens is 638 g/mol. The molecule has 0 aliphatic carbocycles. The largest absolute Gasteiger partial charge is 2.00 e. The zero-order valence-electron chi connectivity index (χ0n) is 21.2. The van der Waals surface area contributed by atoms with Gasteiger partial charge in [0.2, 0.25) is 0 Å². The molecule has 0 fully saturated rings. The van der Waals surface area contributed by atoms with Crippen LogP contribution < -0.4 is 9.47 Å². The van der Waals surface area contributed by atoms with E-state index in [9.17, 15) is 4.79 Å². The molecule has 0 amide bonds. The van der Waals surface area contributed by atoms with Crippen LogP contribution in [0.25, 0.3) is 22.2 Å². The maximum absolute atomic E-state index is 10.6. The topological polar surface area (TPSA) is 151 Å². The molecule has 0 unspecified atom stereocenters. The number of benzene rings is 1. The number of rotatable bonds is 6. The molecule has 13 heteroatoms. The van der Waals surface area contributed by atoms with Crippen molar-refractivity contribution in [2.45, 2.75) is 0 Å². The molecule has 1 N–H and O–H groups in total. The van der Waals surface area contributed by atoms with Gasteiger partial charge >= 0.3 is 25.4 Å². The van der Waals surface area contributed by atoms with Gasteiger partial charge in [0.1, 0.15) is 11.5 Å².